The van der Waals surface area contributed by atoms with Crippen LogP contribution in [-0.4, -0.2) is 155 Å². The van der Waals surface area contributed by atoms with Crippen LogP contribution >= 0.6 is 0 Å². The number of rotatable bonds is 22. The van der Waals surface area contributed by atoms with Gasteiger partial charge in [-0.25, -0.2) is 0 Å². The molecule has 27 nitrogen and oxygen atoms in total. The summed E-state index contributed by atoms with van der Waals surface area (Å²) in [7, 11) is 0. The molecule has 0 aromatic heterocycles. The van der Waals surface area contributed by atoms with Crippen LogP contribution in [0.25, 0.3) is 0 Å². The minimum Gasteiger partial charge on any atom is -0.508 e. The highest BCUT2D eigenvalue weighted by molar-refractivity contribution is 6.00. The van der Waals surface area contributed by atoms with Crippen LogP contribution in [0.15, 0.2) is 24.3 Å². The lowest BCUT2D eigenvalue weighted by Crippen LogP contribution is -2.60. The Balaban J connectivity index is 2.58. The third-order valence-electron chi connectivity index (χ3n) is 11.1. The highest BCUT2D eigenvalue weighted by Gasteiger charge is 2.35. The number of hydrogen-bond acceptors (Lipinski definition) is 15. The van der Waals surface area contributed by atoms with Gasteiger partial charge in [-0.3, -0.25) is 57.5 Å². The molecule has 18 N–H and O–H groups in total. The third kappa shape index (κ3) is 23.5. The lowest BCUT2D eigenvalue weighted by Gasteiger charge is -2.26. The van der Waals surface area contributed by atoms with Crippen molar-refractivity contribution in [1.29, 1.82) is 0 Å². The van der Waals surface area contributed by atoms with E-state index in [9.17, 15) is 72.9 Å². The largest absolute Gasteiger partial charge is 0.508 e. The van der Waals surface area contributed by atoms with Gasteiger partial charge in [-0.1, -0.05) is 76.8 Å². The summed E-state index contributed by atoms with van der Waals surface area (Å²) < 4.78 is 0. The Bertz CT molecular complexity index is 2060. The molecule has 0 aliphatic carbocycles. The number of primary amides is 3. The zero-order chi connectivity index (χ0) is 53.8. The van der Waals surface area contributed by atoms with Gasteiger partial charge in [-0.2, -0.15) is 0 Å². The fourth-order valence-electron chi connectivity index (χ4n) is 7.19. The average molecular weight is 1020 g/mol. The number of benzene rings is 1. The zero-order valence-electron chi connectivity index (χ0n) is 40.3. The molecule has 1 saturated heterocycles. The van der Waals surface area contributed by atoms with E-state index < -0.39 is 159 Å². The van der Waals surface area contributed by atoms with Crippen molar-refractivity contribution in [2.75, 3.05) is 26.3 Å². The number of amides is 12. The quantitative estimate of drug-likeness (QED) is 0.0482. The second-order valence-electron chi connectivity index (χ2n) is 17.2. The predicted octanol–water partition coefficient (Wildman–Crippen LogP) is -5.50. The molecule has 1 aromatic rings. The molecule has 72 heavy (non-hydrogen) atoms. The molecule has 27 heteroatoms. The van der Waals surface area contributed by atoms with Crippen LogP contribution < -0.4 is 65.1 Å². The Morgan fingerprint density at radius 1 is 0.528 bits per heavy atom. The van der Waals surface area contributed by atoms with Gasteiger partial charge in [0.15, 0.2) is 0 Å². The highest BCUT2D eigenvalue weighted by Crippen LogP contribution is 2.13. The Morgan fingerprint density at radius 2 is 0.931 bits per heavy atom. The molecule has 1 fully saturated rings. The van der Waals surface area contributed by atoms with Crippen molar-refractivity contribution in [2.24, 2.45) is 17.2 Å². The topological polar surface area (TPSA) is 452 Å². The maximum absolute atomic E-state index is 13.9. The fraction of sp³-hybridized carbons (Fsp3) is 0.600. The summed E-state index contributed by atoms with van der Waals surface area (Å²) in [6, 6.07) is -7.58. The van der Waals surface area contributed by atoms with Crippen molar-refractivity contribution in [1.82, 2.24) is 47.9 Å². The van der Waals surface area contributed by atoms with Gasteiger partial charge in [0.1, 0.15) is 48.0 Å². The molecule has 1 heterocycles. The normalized spacial score (nSPS) is 22.4. The molecule has 0 spiro atoms. The first-order valence-corrected chi connectivity index (χ1v) is 23.7. The van der Waals surface area contributed by atoms with Gasteiger partial charge >= 0.3 is 0 Å². The van der Waals surface area contributed by atoms with Gasteiger partial charge in [0.25, 0.3) is 0 Å². The van der Waals surface area contributed by atoms with Gasteiger partial charge in [0.05, 0.1) is 45.4 Å². The number of phenols is 1. The Morgan fingerprint density at radius 3 is 1.44 bits per heavy atom. The molecular weight excluding hydrogens is 949 g/mol. The number of aromatic hydroxyl groups is 1. The predicted molar refractivity (Wildman–Crippen MR) is 253 cm³/mol. The van der Waals surface area contributed by atoms with E-state index in [0.29, 0.717) is 12.0 Å². The molecule has 1 aliphatic rings. The number of hydrogen-bond donors (Lipinski definition) is 15. The van der Waals surface area contributed by atoms with Crippen molar-refractivity contribution >= 4 is 70.9 Å². The molecule has 400 valence electrons. The number of carbonyl (C=O) groups excluding carboxylic acids is 12. The summed E-state index contributed by atoms with van der Waals surface area (Å²) in [6.45, 7) is -1.03. The molecule has 7 atom stereocenters. The molecule has 2 rings (SSSR count). The summed E-state index contributed by atoms with van der Waals surface area (Å²) in [4.78, 5) is 158. The van der Waals surface area contributed by atoms with Gasteiger partial charge in [0, 0.05) is 13.0 Å². The second-order valence-corrected chi connectivity index (χ2v) is 17.2. The van der Waals surface area contributed by atoms with Crippen LogP contribution in [0.2, 0.25) is 0 Å². The van der Waals surface area contributed by atoms with Crippen LogP contribution in [0.3, 0.4) is 0 Å². The van der Waals surface area contributed by atoms with Gasteiger partial charge < -0.3 is 80.4 Å². The van der Waals surface area contributed by atoms with E-state index in [1.54, 1.807) is 0 Å². The lowest BCUT2D eigenvalue weighted by molar-refractivity contribution is -0.137. The standard InChI is InChI=1S/C45H70N12O15/c1-2-3-4-5-6-7-8-9-10-11-16-49-39(66)31-21-37(64)52-32(23-58)44(71)53-27(17-25-12-14-26(60)15-13-25)41(68)54-28(18-34(46)61)40(67)50-22-38(65)51-29(19-35(47)62)42(69)57-33(24-59)45(72)55-30(20-36(48)63)43(70)56-31/h12-15,27-33,58-60H,2-11,16-24H2,1H3,(H2,46,61)(H2,47,62)(H2,48,63)(H,49,66)(H,50,67)(H,51,65)(H,52,64)(H,53,71)(H,54,68)(H,55,72)(H,56,70)(H,57,69)/t27-,28-,29+,30-,31+,32-,33-/m1/s1. The molecular formula is C45H70N12O15. The molecule has 0 saturated carbocycles. The van der Waals surface area contributed by atoms with Gasteiger partial charge in [-0.15, -0.1) is 0 Å². The average Bonchev–Trinajstić information content (AvgIpc) is 3.31. The maximum atomic E-state index is 13.9. The van der Waals surface area contributed by atoms with Crippen LogP contribution in [0, 0.1) is 0 Å². The minimum absolute atomic E-state index is 0.0912. The van der Waals surface area contributed by atoms with Gasteiger partial charge in [-0.05, 0) is 24.1 Å². The van der Waals surface area contributed by atoms with E-state index in [1.165, 1.54) is 37.1 Å². The number of aliphatic hydroxyl groups excluding tert-OH is 2. The first-order chi connectivity index (χ1) is 34.2. The number of phenolic OH excluding ortho intramolecular Hbond substituents is 1. The smallest absolute Gasteiger partial charge is 0.245 e. The Kier molecular flexibility index (Phi) is 27.4. The Hall–Kier alpha value is -7.42. The van der Waals surface area contributed by atoms with Crippen molar-refractivity contribution in [3.05, 3.63) is 29.8 Å². The summed E-state index contributed by atoms with van der Waals surface area (Å²) in [5.74, 6) is -14.2. The molecule has 1 aliphatic heterocycles. The number of unbranched alkanes of at least 4 members (excludes halogenated alkanes) is 9. The number of nitrogens with one attached hydrogen (secondary N) is 9. The van der Waals surface area contributed by atoms with E-state index in [4.69, 9.17) is 17.2 Å². The first-order valence-electron chi connectivity index (χ1n) is 23.7. The monoisotopic (exact) mass is 1020 g/mol. The van der Waals surface area contributed by atoms with Crippen LogP contribution in [0.4, 0.5) is 0 Å². The van der Waals surface area contributed by atoms with Crippen LogP contribution in [-0.2, 0) is 64.0 Å². The summed E-state index contributed by atoms with van der Waals surface area (Å²) in [6.07, 6.45) is 5.91. The van der Waals surface area contributed by atoms with Crippen LogP contribution in [0.1, 0.15) is 102 Å². The number of nitrogens with two attached hydrogens (primary N) is 3. The van der Waals surface area contributed by atoms with Gasteiger partial charge in [0.2, 0.25) is 70.9 Å². The SMILES string of the molecule is CCCCCCCCCCCCNC(=O)[C@@H]1CC(=O)N[C@H](CO)C(=O)N[C@H](Cc2ccc(O)cc2)C(=O)N[C@H](CC(N)=O)C(=O)NCC(=O)N[C@@H](CC(N)=O)C(=O)N[C@H](CO)C(=O)N[C@H](CC(N)=O)C(=O)N1. The fourth-order valence-corrected chi connectivity index (χ4v) is 7.19. The molecule has 0 unspecified atom stereocenters. The lowest BCUT2D eigenvalue weighted by atomic mass is 10.0. The van der Waals surface area contributed by atoms with Crippen LogP contribution in [0.5, 0.6) is 5.75 Å². The van der Waals surface area contributed by atoms with E-state index in [1.807, 2.05) is 0 Å². The Labute approximate surface area is 415 Å². The highest BCUT2D eigenvalue weighted by atomic mass is 16.3. The van der Waals surface area contributed by atoms with E-state index in [-0.39, 0.29) is 18.7 Å². The van der Waals surface area contributed by atoms with E-state index in [2.05, 4.69) is 54.8 Å². The third-order valence-corrected chi connectivity index (χ3v) is 11.1. The zero-order valence-corrected chi connectivity index (χ0v) is 40.3. The van der Waals surface area contributed by atoms with Crippen molar-refractivity contribution in [2.45, 2.75) is 146 Å². The number of carbonyl (C=O) groups is 12. The van der Waals surface area contributed by atoms with Crippen molar-refractivity contribution in [3.8, 4) is 5.75 Å². The molecule has 0 bridgehead atoms. The van der Waals surface area contributed by atoms with E-state index >= 15 is 0 Å². The summed E-state index contributed by atoms with van der Waals surface area (Å²) in [5, 5.41) is 50.3. The summed E-state index contributed by atoms with van der Waals surface area (Å²) >= 11 is 0. The first kappa shape index (κ1) is 60.7. The second kappa shape index (κ2) is 32.5. The van der Waals surface area contributed by atoms with Crippen molar-refractivity contribution in [3.63, 3.8) is 0 Å². The van der Waals surface area contributed by atoms with Crippen molar-refractivity contribution < 1.29 is 72.9 Å². The van der Waals surface area contributed by atoms with E-state index in [0.717, 1.165) is 44.9 Å². The molecule has 1 aromatic carbocycles. The molecule has 0 radical (unpaired) electrons. The minimum atomic E-state index is -1.95. The summed E-state index contributed by atoms with van der Waals surface area (Å²) in [5.41, 5.74) is 16.3. The maximum Gasteiger partial charge on any atom is 0.245 e. The molecule has 12 amide bonds. The number of aliphatic hydroxyl groups is 2.